The second-order valence-corrected chi connectivity index (χ2v) is 9.91. The molecule has 0 saturated heterocycles. The van der Waals surface area contributed by atoms with Gasteiger partial charge in [-0.2, -0.15) is 0 Å². The third kappa shape index (κ3) is 6.42. The van der Waals surface area contributed by atoms with Crippen LogP contribution in [0.2, 0.25) is 0 Å². The van der Waals surface area contributed by atoms with Crippen LogP contribution in [0.3, 0.4) is 0 Å². The number of hydrogen-bond acceptors (Lipinski definition) is 3. The minimum Gasteiger partial charge on any atom is -0.354 e. The molecule has 0 aliphatic rings. The monoisotopic (exact) mass is 468 g/mol. The normalized spacial score (nSPS) is 12.2. The maximum absolute atomic E-state index is 14.6. The molecule has 1 unspecified atom stereocenters. The Kier molecular flexibility index (Phi) is 8.22. The van der Waals surface area contributed by atoms with Gasteiger partial charge in [0, 0.05) is 6.54 Å². The minimum atomic E-state index is -4.15. The Labute approximate surface area is 195 Å². The fourth-order valence-electron chi connectivity index (χ4n) is 3.54. The number of amides is 1. The highest BCUT2D eigenvalue weighted by Crippen LogP contribution is 2.26. The lowest BCUT2D eigenvalue weighted by Crippen LogP contribution is -2.42. The Balaban J connectivity index is 1.78. The molecule has 3 rings (SSSR count). The van der Waals surface area contributed by atoms with Crippen molar-refractivity contribution in [3.05, 3.63) is 95.8 Å². The lowest BCUT2D eigenvalue weighted by Gasteiger charge is -2.25. The van der Waals surface area contributed by atoms with Gasteiger partial charge in [0.2, 0.25) is 5.91 Å². The molecule has 1 amide bonds. The number of halogens is 1. The SMILES string of the molecule is CCC(CNC(=O)CN(c1ccccc1F)S(=O)(=O)c1ccc(C)cc1)Cc1ccccc1. The number of rotatable bonds is 10. The van der Waals surface area contributed by atoms with E-state index < -0.39 is 28.3 Å². The molecule has 5 nitrogen and oxygen atoms in total. The fraction of sp³-hybridized carbons (Fsp3) is 0.269. The smallest absolute Gasteiger partial charge is 0.264 e. The van der Waals surface area contributed by atoms with E-state index in [1.54, 1.807) is 18.2 Å². The molecule has 0 fully saturated rings. The molecule has 0 aliphatic carbocycles. The van der Waals surface area contributed by atoms with Crippen LogP contribution in [0.1, 0.15) is 24.5 Å². The average Bonchev–Trinajstić information content (AvgIpc) is 2.81. The predicted octanol–water partition coefficient (Wildman–Crippen LogP) is 4.71. The van der Waals surface area contributed by atoms with Crippen molar-refractivity contribution in [2.24, 2.45) is 5.92 Å². The second kappa shape index (κ2) is 11.1. The number of carbonyl (C=O) groups excluding carboxylic acids is 1. The first-order valence-corrected chi connectivity index (χ1v) is 12.4. The fourth-order valence-corrected chi connectivity index (χ4v) is 4.97. The van der Waals surface area contributed by atoms with Gasteiger partial charge in [0.1, 0.15) is 12.4 Å². The number of sulfonamides is 1. The first-order chi connectivity index (χ1) is 15.8. The van der Waals surface area contributed by atoms with Crippen molar-refractivity contribution in [2.75, 3.05) is 17.4 Å². The Hall–Kier alpha value is -3.19. The number of nitrogens with one attached hydrogen (secondary N) is 1. The molecular weight excluding hydrogens is 439 g/mol. The number of aryl methyl sites for hydroxylation is 1. The summed E-state index contributed by atoms with van der Waals surface area (Å²) < 4.78 is 42.1. The molecule has 7 heteroatoms. The van der Waals surface area contributed by atoms with Crippen molar-refractivity contribution in [2.45, 2.75) is 31.6 Å². The highest BCUT2D eigenvalue weighted by atomic mass is 32.2. The summed E-state index contributed by atoms with van der Waals surface area (Å²) in [6.45, 7) is 3.78. The standard InChI is InChI=1S/C26H29FN2O3S/c1-3-21(17-22-9-5-4-6-10-22)18-28-26(30)19-29(25-12-8-7-11-24(25)27)33(31,32)23-15-13-20(2)14-16-23/h4-16,21H,3,17-19H2,1-2H3,(H,28,30). The lowest BCUT2D eigenvalue weighted by atomic mass is 9.97. The van der Waals surface area contributed by atoms with Crippen molar-refractivity contribution in [3.8, 4) is 0 Å². The van der Waals surface area contributed by atoms with E-state index in [0.29, 0.717) is 6.54 Å². The van der Waals surface area contributed by atoms with E-state index in [9.17, 15) is 17.6 Å². The van der Waals surface area contributed by atoms with Crippen molar-refractivity contribution in [1.82, 2.24) is 5.32 Å². The summed E-state index contributed by atoms with van der Waals surface area (Å²) in [4.78, 5) is 12.8. The summed E-state index contributed by atoms with van der Waals surface area (Å²) in [5.41, 5.74) is 1.91. The van der Waals surface area contributed by atoms with Crippen LogP contribution in [-0.4, -0.2) is 27.4 Å². The Morgan fingerprint density at radius 1 is 0.970 bits per heavy atom. The van der Waals surface area contributed by atoms with E-state index in [2.05, 4.69) is 5.32 Å². The largest absolute Gasteiger partial charge is 0.354 e. The van der Waals surface area contributed by atoms with Crippen LogP contribution in [0.15, 0.2) is 83.8 Å². The molecule has 0 radical (unpaired) electrons. The summed E-state index contributed by atoms with van der Waals surface area (Å²) in [5, 5.41) is 2.84. The van der Waals surface area contributed by atoms with Crippen molar-refractivity contribution >= 4 is 21.6 Å². The van der Waals surface area contributed by atoms with Gasteiger partial charge in [0.15, 0.2) is 0 Å². The summed E-state index contributed by atoms with van der Waals surface area (Å²) in [6, 6.07) is 21.8. The molecule has 0 heterocycles. The molecule has 3 aromatic rings. The number of carbonyl (C=O) groups is 1. The van der Waals surface area contributed by atoms with E-state index in [0.717, 1.165) is 22.7 Å². The molecule has 0 saturated carbocycles. The van der Waals surface area contributed by atoms with Gasteiger partial charge in [-0.25, -0.2) is 12.8 Å². The highest BCUT2D eigenvalue weighted by Gasteiger charge is 2.29. The quantitative estimate of drug-likeness (QED) is 0.468. The number of benzene rings is 3. The molecular formula is C26H29FN2O3S. The minimum absolute atomic E-state index is 0.000310. The van der Waals surface area contributed by atoms with Crippen LogP contribution < -0.4 is 9.62 Å². The van der Waals surface area contributed by atoms with Gasteiger partial charge in [-0.1, -0.05) is 73.5 Å². The van der Waals surface area contributed by atoms with E-state index in [-0.39, 0.29) is 16.5 Å². The third-order valence-electron chi connectivity index (χ3n) is 5.55. The first-order valence-electron chi connectivity index (χ1n) is 11.0. The van der Waals surface area contributed by atoms with Gasteiger partial charge in [-0.3, -0.25) is 9.10 Å². The van der Waals surface area contributed by atoms with Gasteiger partial charge in [-0.05, 0) is 49.1 Å². The van der Waals surface area contributed by atoms with Crippen LogP contribution in [-0.2, 0) is 21.2 Å². The number of para-hydroxylation sites is 1. The average molecular weight is 469 g/mol. The van der Waals surface area contributed by atoms with E-state index in [1.807, 2.05) is 44.2 Å². The summed E-state index contributed by atoms with van der Waals surface area (Å²) in [6.07, 6.45) is 1.66. The van der Waals surface area contributed by atoms with Gasteiger partial charge in [0.25, 0.3) is 10.0 Å². The summed E-state index contributed by atoms with van der Waals surface area (Å²) in [5.74, 6) is -0.996. The lowest BCUT2D eigenvalue weighted by molar-refractivity contribution is -0.119. The second-order valence-electron chi connectivity index (χ2n) is 8.04. The molecule has 33 heavy (non-hydrogen) atoms. The zero-order valence-electron chi connectivity index (χ0n) is 18.9. The molecule has 174 valence electrons. The van der Waals surface area contributed by atoms with E-state index in [1.165, 1.54) is 35.9 Å². The molecule has 0 aliphatic heterocycles. The van der Waals surface area contributed by atoms with Crippen LogP contribution in [0, 0.1) is 18.7 Å². The first kappa shape index (κ1) is 24.5. The van der Waals surface area contributed by atoms with Crippen LogP contribution >= 0.6 is 0 Å². The van der Waals surface area contributed by atoms with Crippen LogP contribution in [0.5, 0.6) is 0 Å². The molecule has 0 spiro atoms. The van der Waals surface area contributed by atoms with Gasteiger partial charge in [-0.15, -0.1) is 0 Å². The molecule has 0 bridgehead atoms. The van der Waals surface area contributed by atoms with E-state index >= 15 is 0 Å². The van der Waals surface area contributed by atoms with Gasteiger partial charge >= 0.3 is 0 Å². The zero-order chi connectivity index (χ0) is 23.8. The van der Waals surface area contributed by atoms with Crippen molar-refractivity contribution in [3.63, 3.8) is 0 Å². The van der Waals surface area contributed by atoms with Crippen LogP contribution in [0.4, 0.5) is 10.1 Å². The summed E-state index contributed by atoms with van der Waals surface area (Å²) in [7, 11) is -4.15. The number of anilines is 1. The Morgan fingerprint density at radius 3 is 2.24 bits per heavy atom. The zero-order valence-corrected chi connectivity index (χ0v) is 19.7. The van der Waals surface area contributed by atoms with E-state index in [4.69, 9.17) is 0 Å². The van der Waals surface area contributed by atoms with Crippen molar-refractivity contribution in [1.29, 1.82) is 0 Å². The molecule has 1 atom stereocenters. The predicted molar refractivity (Wildman–Crippen MR) is 129 cm³/mol. The molecule has 1 N–H and O–H groups in total. The van der Waals surface area contributed by atoms with Gasteiger partial charge < -0.3 is 5.32 Å². The molecule has 3 aromatic carbocycles. The van der Waals surface area contributed by atoms with Crippen molar-refractivity contribution < 1.29 is 17.6 Å². The maximum Gasteiger partial charge on any atom is 0.264 e. The Bertz CT molecular complexity index is 1170. The maximum atomic E-state index is 14.6. The topological polar surface area (TPSA) is 66.5 Å². The third-order valence-corrected chi connectivity index (χ3v) is 7.32. The number of nitrogens with zero attached hydrogens (tertiary/aromatic N) is 1. The highest BCUT2D eigenvalue weighted by molar-refractivity contribution is 7.92. The Morgan fingerprint density at radius 2 is 1.61 bits per heavy atom. The summed E-state index contributed by atoms with van der Waals surface area (Å²) >= 11 is 0. The number of hydrogen-bond donors (Lipinski definition) is 1. The van der Waals surface area contributed by atoms with Crippen LogP contribution in [0.25, 0.3) is 0 Å². The molecule has 0 aromatic heterocycles. The van der Waals surface area contributed by atoms with Gasteiger partial charge in [0.05, 0.1) is 10.6 Å².